The van der Waals surface area contributed by atoms with Gasteiger partial charge in [-0.3, -0.25) is 4.79 Å². The summed E-state index contributed by atoms with van der Waals surface area (Å²) in [6.45, 7) is 0.0288. The fourth-order valence-electron chi connectivity index (χ4n) is 3.65. The molecule has 2 aliphatic rings. The van der Waals surface area contributed by atoms with Gasteiger partial charge in [-0.1, -0.05) is 6.42 Å². The molecule has 1 saturated heterocycles. The number of benzene rings is 1. The molecule has 1 heterocycles. The minimum absolute atomic E-state index is 0.332. The van der Waals surface area contributed by atoms with E-state index >= 15 is 0 Å². The van der Waals surface area contributed by atoms with Crippen LogP contribution in [0.3, 0.4) is 0 Å². The topological polar surface area (TPSA) is 113 Å². The van der Waals surface area contributed by atoms with Crippen LogP contribution in [0.2, 0.25) is 0 Å². The number of phenolic OH excluding ortho intramolecular Hbond substituents is 1. The molecule has 1 aliphatic heterocycles. The van der Waals surface area contributed by atoms with Crippen LogP contribution in [0.4, 0.5) is 10.1 Å². The zero-order chi connectivity index (χ0) is 17.5. The zero-order valence-electron chi connectivity index (χ0n) is 13.0. The van der Waals surface area contributed by atoms with Crippen LogP contribution in [0.15, 0.2) is 12.1 Å². The lowest BCUT2D eigenvalue weighted by molar-refractivity contribution is -0.117. The molecular weight excluding hydrogens is 337 g/mol. The number of aromatic hydroxyl groups is 1. The van der Waals surface area contributed by atoms with Gasteiger partial charge < -0.3 is 10.8 Å². The number of nitrogens with two attached hydrogens (primary N) is 1. The summed E-state index contributed by atoms with van der Waals surface area (Å²) in [4.78, 5) is 11.3. The van der Waals surface area contributed by atoms with Crippen molar-refractivity contribution in [2.75, 3.05) is 17.4 Å². The van der Waals surface area contributed by atoms with Crippen LogP contribution in [0.1, 0.15) is 24.8 Å². The molecule has 132 valence electrons. The van der Waals surface area contributed by atoms with Crippen molar-refractivity contribution in [3.05, 3.63) is 23.5 Å². The molecule has 24 heavy (non-hydrogen) atoms. The Bertz CT molecular complexity index is 745. The van der Waals surface area contributed by atoms with Crippen molar-refractivity contribution in [2.45, 2.75) is 25.7 Å². The van der Waals surface area contributed by atoms with Crippen molar-refractivity contribution in [2.24, 2.45) is 17.6 Å². The SMILES string of the molecule is NCC1CCCC1Cc1cc(O)c(N2CC(=O)NS2(=O)=O)c(F)c1. The van der Waals surface area contributed by atoms with Gasteiger partial charge >= 0.3 is 10.2 Å². The van der Waals surface area contributed by atoms with Gasteiger partial charge in [0.1, 0.15) is 18.0 Å². The fourth-order valence-corrected chi connectivity index (χ4v) is 4.82. The molecule has 4 N–H and O–H groups in total. The van der Waals surface area contributed by atoms with E-state index in [-0.39, 0.29) is 0 Å². The van der Waals surface area contributed by atoms with Crippen LogP contribution in [-0.4, -0.2) is 32.5 Å². The van der Waals surface area contributed by atoms with E-state index in [9.17, 15) is 22.7 Å². The Balaban J connectivity index is 1.88. The maximum Gasteiger partial charge on any atom is 0.326 e. The summed E-state index contributed by atoms with van der Waals surface area (Å²) in [5.41, 5.74) is 5.84. The third-order valence-corrected chi connectivity index (χ3v) is 6.17. The zero-order valence-corrected chi connectivity index (χ0v) is 13.9. The first-order valence-electron chi connectivity index (χ1n) is 7.86. The molecule has 1 amide bonds. The summed E-state index contributed by atoms with van der Waals surface area (Å²) in [6.07, 6.45) is 3.72. The van der Waals surface area contributed by atoms with Gasteiger partial charge in [-0.05, 0) is 55.3 Å². The lowest BCUT2D eigenvalue weighted by Gasteiger charge is -2.20. The molecule has 1 aromatic rings. The van der Waals surface area contributed by atoms with Gasteiger partial charge in [-0.25, -0.2) is 13.4 Å². The number of carbonyl (C=O) groups excluding carboxylic acids is 1. The van der Waals surface area contributed by atoms with Crippen molar-refractivity contribution in [1.29, 1.82) is 0 Å². The molecule has 3 rings (SSSR count). The third-order valence-electron chi connectivity index (χ3n) is 4.79. The highest BCUT2D eigenvalue weighted by Gasteiger charge is 2.37. The molecule has 0 bridgehead atoms. The molecule has 0 aromatic heterocycles. The smallest absolute Gasteiger partial charge is 0.326 e. The van der Waals surface area contributed by atoms with E-state index in [1.54, 1.807) is 4.72 Å². The number of amides is 1. The molecular formula is C15H20FN3O4S. The predicted octanol–water partition coefficient (Wildman–Crippen LogP) is 0.630. The van der Waals surface area contributed by atoms with Crippen LogP contribution in [-0.2, 0) is 21.4 Å². The Hall–Kier alpha value is -1.87. The minimum atomic E-state index is -4.17. The van der Waals surface area contributed by atoms with Gasteiger partial charge in [0, 0.05) is 0 Å². The molecule has 7 nitrogen and oxygen atoms in total. The van der Waals surface area contributed by atoms with Crippen molar-refractivity contribution in [1.82, 2.24) is 4.72 Å². The Kier molecular flexibility index (Phi) is 4.39. The normalized spacial score (nSPS) is 25.9. The molecule has 2 fully saturated rings. The van der Waals surface area contributed by atoms with E-state index in [1.165, 1.54) is 12.1 Å². The molecule has 0 spiro atoms. The van der Waals surface area contributed by atoms with E-state index in [0.717, 1.165) is 19.3 Å². The van der Waals surface area contributed by atoms with Crippen LogP contribution in [0.5, 0.6) is 5.75 Å². The molecule has 1 saturated carbocycles. The molecule has 1 aromatic carbocycles. The largest absolute Gasteiger partial charge is 0.506 e. The van der Waals surface area contributed by atoms with Gasteiger partial charge in [-0.2, -0.15) is 8.42 Å². The highest BCUT2D eigenvalue weighted by Crippen LogP contribution is 2.38. The first kappa shape index (κ1) is 17.0. The van der Waals surface area contributed by atoms with E-state index in [2.05, 4.69) is 0 Å². The lowest BCUT2D eigenvalue weighted by atomic mass is 9.89. The summed E-state index contributed by atoms with van der Waals surface area (Å²) in [5.74, 6) is -1.41. The number of nitrogens with one attached hydrogen (secondary N) is 1. The fraction of sp³-hybridized carbons (Fsp3) is 0.533. The van der Waals surface area contributed by atoms with E-state index in [0.29, 0.717) is 34.7 Å². The number of carbonyl (C=O) groups is 1. The van der Waals surface area contributed by atoms with Gasteiger partial charge in [0.25, 0.3) is 5.91 Å². The number of phenols is 1. The molecule has 1 aliphatic carbocycles. The summed E-state index contributed by atoms with van der Waals surface area (Å²) in [7, 11) is -4.17. The lowest BCUT2D eigenvalue weighted by Crippen LogP contribution is -2.30. The van der Waals surface area contributed by atoms with Crippen molar-refractivity contribution in [3.63, 3.8) is 0 Å². The first-order valence-corrected chi connectivity index (χ1v) is 9.30. The predicted molar refractivity (Wildman–Crippen MR) is 86.1 cm³/mol. The van der Waals surface area contributed by atoms with Crippen molar-refractivity contribution < 1.29 is 22.7 Å². The van der Waals surface area contributed by atoms with E-state index < -0.39 is 39.9 Å². The highest BCUT2D eigenvalue weighted by atomic mass is 32.2. The van der Waals surface area contributed by atoms with Crippen LogP contribution >= 0.6 is 0 Å². The Labute approximate surface area is 139 Å². The number of hydrogen-bond donors (Lipinski definition) is 3. The second kappa shape index (κ2) is 6.21. The molecule has 9 heteroatoms. The maximum atomic E-state index is 14.5. The number of hydrogen-bond acceptors (Lipinski definition) is 5. The third kappa shape index (κ3) is 3.05. The minimum Gasteiger partial charge on any atom is -0.506 e. The Morgan fingerprint density at radius 3 is 2.62 bits per heavy atom. The Morgan fingerprint density at radius 2 is 2.04 bits per heavy atom. The van der Waals surface area contributed by atoms with E-state index in [4.69, 9.17) is 5.73 Å². The summed E-state index contributed by atoms with van der Waals surface area (Å²) >= 11 is 0. The average molecular weight is 357 g/mol. The number of rotatable bonds is 4. The van der Waals surface area contributed by atoms with Crippen LogP contribution in [0.25, 0.3) is 0 Å². The van der Waals surface area contributed by atoms with Gasteiger partial charge in [0.15, 0.2) is 5.82 Å². The summed E-state index contributed by atoms with van der Waals surface area (Å²) in [6, 6.07) is 2.59. The van der Waals surface area contributed by atoms with Gasteiger partial charge in [0.2, 0.25) is 0 Å². The van der Waals surface area contributed by atoms with Gasteiger partial charge in [-0.15, -0.1) is 0 Å². The highest BCUT2D eigenvalue weighted by molar-refractivity contribution is 7.92. The number of nitrogens with zero attached hydrogens (tertiary/aromatic N) is 1. The number of halogens is 1. The van der Waals surface area contributed by atoms with Crippen LogP contribution < -0.4 is 14.8 Å². The standard InChI is InChI=1S/C15H20FN3O4S/c16-12-5-9(4-10-2-1-3-11(10)7-17)6-13(20)15(12)19-8-14(21)18-24(19,22)23/h5-6,10-11,20H,1-4,7-8,17H2,(H,18,21). The first-order chi connectivity index (χ1) is 11.3. The molecule has 2 unspecified atom stereocenters. The quantitative estimate of drug-likeness (QED) is 0.732. The van der Waals surface area contributed by atoms with Gasteiger partial charge in [0.05, 0.1) is 0 Å². The Morgan fingerprint density at radius 1 is 1.33 bits per heavy atom. The number of anilines is 1. The monoisotopic (exact) mass is 357 g/mol. The summed E-state index contributed by atoms with van der Waals surface area (Å²) in [5, 5.41) is 10.1. The van der Waals surface area contributed by atoms with Crippen LogP contribution in [0, 0.1) is 17.7 Å². The molecule has 2 atom stereocenters. The second-order valence-electron chi connectivity index (χ2n) is 6.37. The summed E-state index contributed by atoms with van der Waals surface area (Å²) < 4.78 is 40.4. The van der Waals surface area contributed by atoms with Crippen molar-refractivity contribution in [3.8, 4) is 5.75 Å². The van der Waals surface area contributed by atoms with E-state index in [1.807, 2.05) is 0 Å². The maximum absolute atomic E-state index is 14.5. The molecule has 0 radical (unpaired) electrons. The average Bonchev–Trinajstić information content (AvgIpc) is 3.02. The van der Waals surface area contributed by atoms with Crippen molar-refractivity contribution >= 4 is 21.8 Å². The second-order valence-corrected chi connectivity index (χ2v) is 7.97.